The van der Waals surface area contributed by atoms with E-state index >= 15 is 0 Å². The third-order valence-corrected chi connectivity index (χ3v) is 4.55. The van der Waals surface area contributed by atoms with E-state index in [9.17, 15) is 9.59 Å². The topological polar surface area (TPSA) is 97.5 Å². The minimum atomic E-state index is -0.494. The van der Waals surface area contributed by atoms with Crippen LogP contribution in [0.4, 0.5) is 5.82 Å². The van der Waals surface area contributed by atoms with Gasteiger partial charge in [-0.3, -0.25) is 9.59 Å². The molecule has 1 aromatic heterocycles. The van der Waals surface area contributed by atoms with Crippen LogP contribution in [0.3, 0.4) is 0 Å². The van der Waals surface area contributed by atoms with Gasteiger partial charge in [0.2, 0.25) is 5.91 Å². The molecule has 7 heteroatoms. The predicted octanol–water partition coefficient (Wildman–Crippen LogP) is 0.620. The number of rotatable bonds is 4. The van der Waals surface area contributed by atoms with Gasteiger partial charge >= 0.3 is 0 Å². The third-order valence-electron chi connectivity index (χ3n) is 4.55. The molecule has 124 valence electrons. The second-order valence-corrected chi connectivity index (χ2v) is 6.53. The summed E-state index contributed by atoms with van der Waals surface area (Å²) in [5, 5.41) is 3.28. The van der Waals surface area contributed by atoms with E-state index in [0.717, 1.165) is 12.8 Å². The van der Waals surface area contributed by atoms with Crippen LogP contribution in [0, 0.1) is 5.41 Å². The van der Waals surface area contributed by atoms with Gasteiger partial charge in [-0.25, -0.2) is 4.98 Å². The Morgan fingerprint density at radius 3 is 2.65 bits per heavy atom. The fourth-order valence-electron chi connectivity index (χ4n) is 3.05. The standard InChI is InChI=1S/C16H22N4O3/c1-16(9-23-10-16)15(22)20-7-4-11(5-8-20)19-14-12(13(17)21)3-2-6-18-14/h2-3,6,11H,4-5,7-10H2,1H3,(H2,17,21)(H,18,19). The maximum absolute atomic E-state index is 12.5. The van der Waals surface area contributed by atoms with Crippen molar-refractivity contribution in [1.29, 1.82) is 0 Å². The first-order chi connectivity index (χ1) is 11.0. The highest BCUT2D eigenvalue weighted by Crippen LogP contribution is 2.30. The molecule has 2 fully saturated rings. The number of piperidine rings is 1. The number of nitrogens with zero attached hydrogens (tertiary/aromatic N) is 2. The largest absolute Gasteiger partial charge is 0.379 e. The van der Waals surface area contributed by atoms with Crippen molar-refractivity contribution >= 4 is 17.6 Å². The number of hydrogen-bond acceptors (Lipinski definition) is 5. The van der Waals surface area contributed by atoms with E-state index in [0.29, 0.717) is 37.7 Å². The molecule has 3 rings (SSSR count). The van der Waals surface area contributed by atoms with Gasteiger partial charge in [0.15, 0.2) is 0 Å². The summed E-state index contributed by atoms with van der Waals surface area (Å²) in [6, 6.07) is 3.53. The van der Waals surface area contributed by atoms with Crippen LogP contribution in [0.2, 0.25) is 0 Å². The van der Waals surface area contributed by atoms with Gasteiger partial charge in [0, 0.05) is 25.3 Å². The molecule has 23 heavy (non-hydrogen) atoms. The number of carbonyl (C=O) groups is 2. The first kappa shape index (κ1) is 15.7. The molecule has 1 aromatic rings. The summed E-state index contributed by atoms with van der Waals surface area (Å²) in [6.45, 7) is 4.38. The van der Waals surface area contributed by atoms with Crippen molar-refractivity contribution in [3.05, 3.63) is 23.9 Å². The lowest BCUT2D eigenvalue weighted by atomic mass is 9.86. The molecule has 2 aliphatic rings. The summed E-state index contributed by atoms with van der Waals surface area (Å²) in [4.78, 5) is 30.0. The molecule has 0 atom stereocenters. The van der Waals surface area contributed by atoms with Crippen molar-refractivity contribution in [2.24, 2.45) is 11.1 Å². The van der Waals surface area contributed by atoms with E-state index in [1.807, 2.05) is 11.8 Å². The predicted molar refractivity (Wildman–Crippen MR) is 84.9 cm³/mol. The van der Waals surface area contributed by atoms with E-state index < -0.39 is 5.91 Å². The lowest BCUT2D eigenvalue weighted by Crippen LogP contribution is -2.55. The number of carbonyl (C=O) groups excluding carboxylic acids is 2. The summed E-state index contributed by atoms with van der Waals surface area (Å²) < 4.78 is 5.17. The van der Waals surface area contributed by atoms with E-state index in [-0.39, 0.29) is 17.4 Å². The Balaban J connectivity index is 1.57. The molecular weight excluding hydrogens is 296 g/mol. The fourth-order valence-corrected chi connectivity index (χ4v) is 3.05. The van der Waals surface area contributed by atoms with Gasteiger partial charge in [-0.15, -0.1) is 0 Å². The molecule has 0 aliphatic carbocycles. The first-order valence-electron chi connectivity index (χ1n) is 7.88. The van der Waals surface area contributed by atoms with Crippen LogP contribution in [-0.2, 0) is 9.53 Å². The number of amides is 2. The van der Waals surface area contributed by atoms with Gasteiger partial charge in [0.1, 0.15) is 5.82 Å². The average molecular weight is 318 g/mol. The van der Waals surface area contributed by atoms with Crippen LogP contribution in [0.25, 0.3) is 0 Å². The van der Waals surface area contributed by atoms with Gasteiger partial charge in [-0.2, -0.15) is 0 Å². The van der Waals surface area contributed by atoms with Crippen molar-refractivity contribution in [3.8, 4) is 0 Å². The Bertz CT molecular complexity index is 607. The summed E-state index contributed by atoms with van der Waals surface area (Å²) in [7, 11) is 0. The Morgan fingerprint density at radius 1 is 1.39 bits per heavy atom. The van der Waals surface area contributed by atoms with Gasteiger partial charge in [-0.05, 0) is 31.9 Å². The quantitative estimate of drug-likeness (QED) is 0.848. The van der Waals surface area contributed by atoms with Crippen LogP contribution < -0.4 is 11.1 Å². The van der Waals surface area contributed by atoms with Gasteiger partial charge in [-0.1, -0.05) is 0 Å². The van der Waals surface area contributed by atoms with Crippen LogP contribution >= 0.6 is 0 Å². The van der Waals surface area contributed by atoms with E-state index in [2.05, 4.69) is 10.3 Å². The number of nitrogens with two attached hydrogens (primary N) is 1. The molecule has 7 nitrogen and oxygen atoms in total. The highest BCUT2D eigenvalue weighted by Gasteiger charge is 2.44. The third kappa shape index (κ3) is 3.14. The van der Waals surface area contributed by atoms with Gasteiger partial charge in [0.25, 0.3) is 5.91 Å². The lowest BCUT2D eigenvalue weighted by molar-refractivity contribution is -0.169. The van der Waals surface area contributed by atoms with E-state index in [4.69, 9.17) is 10.5 Å². The molecule has 2 saturated heterocycles. The molecule has 2 aliphatic heterocycles. The highest BCUT2D eigenvalue weighted by molar-refractivity contribution is 5.97. The molecule has 0 bridgehead atoms. The maximum Gasteiger partial charge on any atom is 0.252 e. The van der Waals surface area contributed by atoms with Gasteiger partial charge in [0.05, 0.1) is 24.2 Å². The monoisotopic (exact) mass is 318 g/mol. The van der Waals surface area contributed by atoms with Gasteiger partial charge < -0.3 is 20.7 Å². The summed E-state index contributed by atoms with van der Waals surface area (Å²) in [5.41, 5.74) is 5.41. The van der Waals surface area contributed by atoms with Crippen molar-refractivity contribution in [2.45, 2.75) is 25.8 Å². The summed E-state index contributed by atoms with van der Waals surface area (Å²) in [5.74, 6) is 0.202. The van der Waals surface area contributed by atoms with Crippen molar-refractivity contribution < 1.29 is 14.3 Å². The molecule has 0 aromatic carbocycles. The minimum absolute atomic E-state index is 0.178. The molecule has 2 amide bonds. The molecule has 0 spiro atoms. The van der Waals surface area contributed by atoms with Crippen LogP contribution in [0.5, 0.6) is 0 Å². The fraction of sp³-hybridized carbons (Fsp3) is 0.562. The molecule has 0 saturated carbocycles. The van der Waals surface area contributed by atoms with Crippen molar-refractivity contribution in [1.82, 2.24) is 9.88 Å². The SMILES string of the molecule is CC1(C(=O)N2CCC(Nc3ncccc3C(N)=O)CC2)COC1. The highest BCUT2D eigenvalue weighted by atomic mass is 16.5. The van der Waals surface area contributed by atoms with Crippen LogP contribution in [-0.4, -0.2) is 54.0 Å². The average Bonchev–Trinajstić information content (AvgIpc) is 2.53. The number of ether oxygens (including phenoxy) is 1. The Hall–Kier alpha value is -2.15. The molecule has 0 unspecified atom stereocenters. The number of aromatic nitrogens is 1. The maximum atomic E-state index is 12.5. The number of anilines is 1. The molecule has 3 heterocycles. The zero-order chi connectivity index (χ0) is 16.4. The molecule has 0 radical (unpaired) electrons. The smallest absolute Gasteiger partial charge is 0.252 e. The number of primary amides is 1. The number of hydrogen-bond donors (Lipinski definition) is 2. The Labute approximate surface area is 135 Å². The van der Waals surface area contributed by atoms with Crippen molar-refractivity contribution in [3.63, 3.8) is 0 Å². The number of likely N-dealkylation sites (tertiary alicyclic amines) is 1. The normalized spacial score (nSPS) is 20.7. The molecular formula is C16H22N4O3. The minimum Gasteiger partial charge on any atom is -0.379 e. The second kappa shape index (κ2) is 6.16. The van der Waals surface area contributed by atoms with E-state index in [1.165, 1.54) is 0 Å². The van der Waals surface area contributed by atoms with Crippen LogP contribution in [0.1, 0.15) is 30.1 Å². The Morgan fingerprint density at radius 2 is 2.09 bits per heavy atom. The Kier molecular flexibility index (Phi) is 4.21. The number of pyridine rings is 1. The first-order valence-corrected chi connectivity index (χ1v) is 7.88. The van der Waals surface area contributed by atoms with E-state index in [1.54, 1.807) is 18.3 Å². The zero-order valence-corrected chi connectivity index (χ0v) is 13.2. The second-order valence-electron chi connectivity index (χ2n) is 6.53. The molecule has 3 N–H and O–H groups in total. The van der Waals surface area contributed by atoms with Crippen molar-refractivity contribution in [2.75, 3.05) is 31.6 Å². The summed E-state index contributed by atoms with van der Waals surface area (Å²) in [6.07, 6.45) is 3.26. The zero-order valence-electron chi connectivity index (χ0n) is 13.2. The number of nitrogens with one attached hydrogen (secondary N) is 1. The van der Waals surface area contributed by atoms with Crippen LogP contribution in [0.15, 0.2) is 18.3 Å². The summed E-state index contributed by atoms with van der Waals surface area (Å²) >= 11 is 0. The lowest BCUT2D eigenvalue weighted by Gasteiger charge is -2.42.